The molecule has 3 rings (SSSR count). The first-order chi connectivity index (χ1) is 13.6. The van der Waals surface area contributed by atoms with Gasteiger partial charge in [0.2, 0.25) is 5.91 Å². The molecule has 0 aliphatic heterocycles. The van der Waals surface area contributed by atoms with E-state index in [2.05, 4.69) is 42.3 Å². The van der Waals surface area contributed by atoms with E-state index in [1.165, 1.54) is 16.0 Å². The van der Waals surface area contributed by atoms with Crippen molar-refractivity contribution in [1.29, 1.82) is 0 Å². The zero-order chi connectivity index (χ0) is 19.8. The Labute approximate surface area is 170 Å². The number of carbonyl (C=O) groups excluding carboxylic acids is 1. The van der Waals surface area contributed by atoms with Crippen LogP contribution in [-0.2, 0) is 11.2 Å². The van der Waals surface area contributed by atoms with Crippen LogP contribution >= 0.6 is 11.8 Å². The zero-order valence-electron chi connectivity index (χ0n) is 16.4. The van der Waals surface area contributed by atoms with Gasteiger partial charge in [-0.15, -0.1) is 11.8 Å². The summed E-state index contributed by atoms with van der Waals surface area (Å²) in [7, 11) is 0. The van der Waals surface area contributed by atoms with Crippen LogP contribution in [0.3, 0.4) is 0 Å². The Balaban J connectivity index is 1.32. The summed E-state index contributed by atoms with van der Waals surface area (Å²) in [6.07, 6.45) is 3.62. The van der Waals surface area contributed by atoms with E-state index in [-0.39, 0.29) is 5.91 Å². The Morgan fingerprint density at radius 2 is 1.93 bits per heavy atom. The molecule has 0 bridgehead atoms. The number of thioether (sulfide) groups is 1. The van der Waals surface area contributed by atoms with Gasteiger partial charge in [0.05, 0.1) is 6.20 Å². The predicted octanol–water partition coefficient (Wildman–Crippen LogP) is 5.19. The van der Waals surface area contributed by atoms with Crippen molar-refractivity contribution < 1.29 is 9.21 Å². The van der Waals surface area contributed by atoms with Crippen LogP contribution in [0.2, 0.25) is 0 Å². The molecule has 0 saturated heterocycles. The summed E-state index contributed by atoms with van der Waals surface area (Å²) in [6, 6.07) is 16.4. The number of hydrogen-bond donors (Lipinski definition) is 1. The molecule has 28 heavy (non-hydrogen) atoms. The van der Waals surface area contributed by atoms with Gasteiger partial charge in [0, 0.05) is 35.6 Å². The van der Waals surface area contributed by atoms with Gasteiger partial charge in [-0.05, 0) is 43.5 Å². The predicted molar refractivity (Wildman–Crippen MR) is 115 cm³/mol. The van der Waals surface area contributed by atoms with Crippen molar-refractivity contribution in [3.05, 3.63) is 71.7 Å². The van der Waals surface area contributed by atoms with Crippen LogP contribution in [0.5, 0.6) is 0 Å². The molecule has 2 aromatic carbocycles. The summed E-state index contributed by atoms with van der Waals surface area (Å²) in [6.45, 7) is 4.91. The van der Waals surface area contributed by atoms with Crippen molar-refractivity contribution in [2.45, 2.75) is 38.0 Å². The molecule has 0 radical (unpaired) electrons. The average Bonchev–Trinajstić information content (AvgIpc) is 3.17. The minimum Gasteiger partial charge on any atom is -0.441 e. The first kappa shape index (κ1) is 20.2. The maximum atomic E-state index is 12.0. The topological polar surface area (TPSA) is 55.1 Å². The standard InChI is InChI=1S/C23H26N2O2S/c1-17-11-12-20(15-18(17)2)28-14-13-24-22(26)9-6-10-23-25-16-21(27-23)19-7-4-3-5-8-19/h3-5,7-8,11-12,15-16H,6,9-10,13-14H2,1-2H3,(H,24,26). The first-order valence-electron chi connectivity index (χ1n) is 9.59. The molecule has 1 amide bonds. The molecule has 1 heterocycles. The number of nitrogens with zero attached hydrogens (tertiary/aromatic N) is 1. The summed E-state index contributed by atoms with van der Waals surface area (Å²) in [5.74, 6) is 2.39. The molecule has 0 spiro atoms. The lowest BCUT2D eigenvalue weighted by atomic mass is 10.1. The van der Waals surface area contributed by atoms with Crippen LogP contribution in [0.4, 0.5) is 0 Å². The van der Waals surface area contributed by atoms with E-state index in [4.69, 9.17) is 4.42 Å². The molecular formula is C23H26N2O2S. The quantitative estimate of drug-likeness (QED) is 0.401. The maximum Gasteiger partial charge on any atom is 0.220 e. The second kappa shape index (κ2) is 10.1. The zero-order valence-corrected chi connectivity index (χ0v) is 17.2. The summed E-state index contributed by atoms with van der Waals surface area (Å²) in [5, 5.41) is 2.99. The molecule has 146 valence electrons. The van der Waals surface area contributed by atoms with Gasteiger partial charge in [0.15, 0.2) is 11.7 Å². The SMILES string of the molecule is Cc1ccc(SCCNC(=O)CCCc2ncc(-c3ccccc3)o2)cc1C. The molecule has 1 aromatic heterocycles. The van der Waals surface area contributed by atoms with Gasteiger partial charge in [-0.1, -0.05) is 36.4 Å². The fourth-order valence-corrected chi connectivity index (χ4v) is 3.68. The molecule has 3 aromatic rings. The van der Waals surface area contributed by atoms with Gasteiger partial charge in [0.25, 0.3) is 0 Å². The monoisotopic (exact) mass is 394 g/mol. The van der Waals surface area contributed by atoms with E-state index in [1.807, 2.05) is 30.3 Å². The summed E-state index contributed by atoms with van der Waals surface area (Å²) in [5.41, 5.74) is 3.62. The van der Waals surface area contributed by atoms with Crippen LogP contribution in [0.1, 0.15) is 29.9 Å². The van der Waals surface area contributed by atoms with Gasteiger partial charge >= 0.3 is 0 Å². The number of amides is 1. The highest BCUT2D eigenvalue weighted by Gasteiger charge is 2.07. The third-order valence-electron chi connectivity index (χ3n) is 4.58. The number of hydrogen-bond acceptors (Lipinski definition) is 4. The Kier molecular flexibility index (Phi) is 7.31. The summed E-state index contributed by atoms with van der Waals surface area (Å²) in [4.78, 5) is 17.6. The van der Waals surface area contributed by atoms with Crippen LogP contribution < -0.4 is 5.32 Å². The fourth-order valence-electron chi connectivity index (χ4n) is 2.81. The Morgan fingerprint density at radius 1 is 1.11 bits per heavy atom. The summed E-state index contributed by atoms with van der Waals surface area (Å²) >= 11 is 1.77. The number of aryl methyl sites for hydroxylation is 3. The molecule has 0 unspecified atom stereocenters. The van der Waals surface area contributed by atoms with E-state index in [0.29, 0.717) is 25.3 Å². The Hall–Kier alpha value is -2.53. The fraction of sp³-hybridized carbons (Fsp3) is 0.304. The molecule has 0 atom stereocenters. The van der Waals surface area contributed by atoms with Crippen LogP contribution in [0, 0.1) is 13.8 Å². The van der Waals surface area contributed by atoms with Crippen molar-refractivity contribution >= 4 is 17.7 Å². The minimum atomic E-state index is 0.0792. The Morgan fingerprint density at radius 3 is 2.71 bits per heavy atom. The van der Waals surface area contributed by atoms with Gasteiger partial charge < -0.3 is 9.73 Å². The van der Waals surface area contributed by atoms with Crippen molar-refractivity contribution in [3.8, 4) is 11.3 Å². The van der Waals surface area contributed by atoms with Crippen LogP contribution in [0.25, 0.3) is 11.3 Å². The van der Waals surface area contributed by atoms with E-state index in [9.17, 15) is 4.79 Å². The lowest BCUT2D eigenvalue weighted by molar-refractivity contribution is -0.121. The van der Waals surface area contributed by atoms with E-state index in [0.717, 1.165) is 23.5 Å². The number of nitrogens with one attached hydrogen (secondary N) is 1. The maximum absolute atomic E-state index is 12.0. The molecule has 0 saturated carbocycles. The van der Waals surface area contributed by atoms with Crippen LogP contribution in [0.15, 0.2) is 64.0 Å². The molecule has 5 heteroatoms. The molecule has 0 aliphatic carbocycles. The number of aromatic nitrogens is 1. The number of benzene rings is 2. The molecule has 0 fully saturated rings. The number of oxazole rings is 1. The van der Waals surface area contributed by atoms with Crippen molar-refractivity contribution in [3.63, 3.8) is 0 Å². The van der Waals surface area contributed by atoms with Gasteiger partial charge in [-0.2, -0.15) is 0 Å². The van der Waals surface area contributed by atoms with Crippen LogP contribution in [-0.4, -0.2) is 23.2 Å². The third-order valence-corrected chi connectivity index (χ3v) is 5.57. The highest BCUT2D eigenvalue weighted by Crippen LogP contribution is 2.21. The van der Waals surface area contributed by atoms with E-state index < -0.39 is 0 Å². The van der Waals surface area contributed by atoms with Gasteiger partial charge in [0.1, 0.15) is 0 Å². The normalized spacial score (nSPS) is 10.8. The lowest BCUT2D eigenvalue weighted by Gasteiger charge is -2.06. The van der Waals surface area contributed by atoms with E-state index >= 15 is 0 Å². The average molecular weight is 395 g/mol. The molecule has 1 N–H and O–H groups in total. The smallest absolute Gasteiger partial charge is 0.220 e. The number of rotatable bonds is 9. The largest absolute Gasteiger partial charge is 0.441 e. The highest BCUT2D eigenvalue weighted by atomic mass is 32.2. The number of carbonyl (C=O) groups is 1. The molecular weight excluding hydrogens is 368 g/mol. The lowest BCUT2D eigenvalue weighted by Crippen LogP contribution is -2.25. The van der Waals surface area contributed by atoms with E-state index in [1.54, 1.807) is 18.0 Å². The van der Waals surface area contributed by atoms with Gasteiger partial charge in [-0.25, -0.2) is 4.98 Å². The van der Waals surface area contributed by atoms with Crippen molar-refractivity contribution in [2.75, 3.05) is 12.3 Å². The third kappa shape index (κ3) is 5.99. The summed E-state index contributed by atoms with van der Waals surface area (Å²) < 4.78 is 5.77. The van der Waals surface area contributed by atoms with Crippen molar-refractivity contribution in [1.82, 2.24) is 10.3 Å². The molecule has 0 aliphatic rings. The first-order valence-corrected chi connectivity index (χ1v) is 10.6. The highest BCUT2D eigenvalue weighted by molar-refractivity contribution is 7.99. The van der Waals surface area contributed by atoms with Crippen molar-refractivity contribution in [2.24, 2.45) is 0 Å². The Bertz CT molecular complexity index is 906. The second-order valence-electron chi connectivity index (χ2n) is 6.78. The molecule has 4 nitrogen and oxygen atoms in total. The minimum absolute atomic E-state index is 0.0792. The van der Waals surface area contributed by atoms with Gasteiger partial charge in [-0.3, -0.25) is 4.79 Å². The second-order valence-corrected chi connectivity index (χ2v) is 7.95.